The van der Waals surface area contributed by atoms with E-state index in [1.54, 1.807) is 6.20 Å². The second-order valence-electron chi connectivity index (χ2n) is 9.24. The SMILES string of the molecule is NC(=O)CC(NC(=O)C(Cc1cnc[nH]1)NC(=O)C(CC(=O)O)NC(=O)C(N)Cc1c[nH]c2ccccc12)C(=O)O. The number of H-pyrrole nitrogens is 2. The molecule has 1 aromatic carbocycles. The summed E-state index contributed by atoms with van der Waals surface area (Å²) >= 11 is 0. The van der Waals surface area contributed by atoms with Gasteiger partial charge in [0, 0.05) is 35.4 Å². The van der Waals surface area contributed by atoms with E-state index in [-0.39, 0.29) is 12.8 Å². The molecule has 11 N–H and O–H groups in total. The van der Waals surface area contributed by atoms with Crippen LogP contribution in [-0.4, -0.2) is 84.9 Å². The fourth-order valence-corrected chi connectivity index (χ4v) is 4.06. The number of aliphatic carboxylic acids is 2. The summed E-state index contributed by atoms with van der Waals surface area (Å²) < 4.78 is 0. The number of benzene rings is 1. The number of nitrogens with zero attached hydrogens (tertiary/aromatic N) is 1. The first-order valence-electron chi connectivity index (χ1n) is 12.4. The Morgan fingerprint density at radius 2 is 1.51 bits per heavy atom. The molecule has 16 heteroatoms. The number of hydrogen-bond donors (Lipinski definition) is 9. The van der Waals surface area contributed by atoms with Crippen molar-refractivity contribution in [3.8, 4) is 0 Å². The lowest BCUT2D eigenvalue weighted by atomic mass is 10.0. The van der Waals surface area contributed by atoms with Crippen LogP contribution in [0.4, 0.5) is 0 Å². The van der Waals surface area contributed by atoms with E-state index in [0.29, 0.717) is 5.69 Å². The number of carbonyl (C=O) groups is 6. The van der Waals surface area contributed by atoms with Crippen LogP contribution in [0, 0.1) is 0 Å². The number of rotatable bonds is 15. The third kappa shape index (κ3) is 8.62. The van der Waals surface area contributed by atoms with Crippen molar-refractivity contribution in [1.82, 2.24) is 30.9 Å². The van der Waals surface area contributed by atoms with Gasteiger partial charge >= 0.3 is 11.9 Å². The summed E-state index contributed by atoms with van der Waals surface area (Å²) in [5, 5.41) is 26.3. The maximum atomic E-state index is 13.1. The van der Waals surface area contributed by atoms with Crippen molar-refractivity contribution >= 4 is 46.5 Å². The molecule has 0 radical (unpaired) electrons. The van der Waals surface area contributed by atoms with Gasteiger partial charge in [0.1, 0.15) is 18.1 Å². The molecule has 0 saturated carbocycles. The molecule has 2 heterocycles. The van der Waals surface area contributed by atoms with Gasteiger partial charge in [-0.15, -0.1) is 0 Å². The zero-order valence-electron chi connectivity index (χ0n) is 21.6. The molecule has 0 aliphatic rings. The molecule has 0 fully saturated rings. The zero-order valence-corrected chi connectivity index (χ0v) is 21.6. The van der Waals surface area contributed by atoms with Crippen LogP contribution in [0.5, 0.6) is 0 Å². The molecule has 0 aliphatic carbocycles. The Morgan fingerprint density at radius 1 is 0.854 bits per heavy atom. The maximum Gasteiger partial charge on any atom is 0.326 e. The number of carboxylic acid groups (broad SMARTS) is 2. The summed E-state index contributed by atoms with van der Waals surface area (Å²) in [6.07, 6.45) is 2.67. The Labute approximate surface area is 232 Å². The molecule has 4 atom stereocenters. The minimum atomic E-state index is -1.68. The van der Waals surface area contributed by atoms with Gasteiger partial charge in [0.2, 0.25) is 23.6 Å². The minimum absolute atomic E-state index is 0.0819. The molecule has 0 spiro atoms. The second-order valence-corrected chi connectivity index (χ2v) is 9.24. The predicted octanol–water partition coefficient (Wildman–Crippen LogP) is -2.11. The van der Waals surface area contributed by atoms with Crippen LogP contribution in [0.3, 0.4) is 0 Å². The van der Waals surface area contributed by atoms with E-state index in [9.17, 15) is 39.0 Å². The van der Waals surface area contributed by atoms with Gasteiger partial charge in [-0.25, -0.2) is 9.78 Å². The number of fused-ring (bicyclic) bond motifs is 1. The van der Waals surface area contributed by atoms with Crippen molar-refractivity contribution in [3.05, 3.63) is 54.2 Å². The lowest BCUT2D eigenvalue weighted by Crippen LogP contribution is -2.58. The van der Waals surface area contributed by atoms with Gasteiger partial charge in [-0.3, -0.25) is 24.0 Å². The molecule has 16 nitrogen and oxygen atoms in total. The first-order valence-corrected chi connectivity index (χ1v) is 12.4. The fourth-order valence-electron chi connectivity index (χ4n) is 4.06. The number of imidazole rings is 1. The number of para-hydroxylation sites is 1. The van der Waals surface area contributed by atoms with Gasteiger partial charge in [-0.05, 0) is 18.1 Å². The minimum Gasteiger partial charge on any atom is -0.481 e. The van der Waals surface area contributed by atoms with Gasteiger partial charge in [0.05, 0.1) is 25.2 Å². The summed E-state index contributed by atoms with van der Waals surface area (Å²) in [6, 6.07) is 1.43. The molecule has 4 unspecified atom stereocenters. The second kappa shape index (κ2) is 13.7. The van der Waals surface area contributed by atoms with E-state index in [4.69, 9.17) is 11.5 Å². The smallest absolute Gasteiger partial charge is 0.326 e. The van der Waals surface area contributed by atoms with Crippen molar-refractivity contribution in [2.45, 2.75) is 49.9 Å². The number of nitrogens with one attached hydrogen (secondary N) is 5. The summed E-state index contributed by atoms with van der Waals surface area (Å²) in [7, 11) is 0. The van der Waals surface area contributed by atoms with Gasteiger partial charge in [0.15, 0.2) is 0 Å². The van der Waals surface area contributed by atoms with Crippen molar-refractivity contribution in [3.63, 3.8) is 0 Å². The van der Waals surface area contributed by atoms with Crippen molar-refractivity contribution in [1.29, 1.82) is 0 Å². The average molecular weight is 571 g/mol. The highest BCUT2D eigenvalue weighted by atomic mass is 16.4. The lowest BCUT2D eigenvalue weighted by Gasteiger charge is -2.24. The molecule has 41 heavy (non-hydrogen) atoms. The standard InChI is InChI=1S/C25H30N8O8/c26-15(5-12-9-29-16-4-2-1-3-14(12)16)22(37)31-18(8-21(35)36)24(39)32-17(6-13-10-28-11-30-13)23(38)33-19(25(40)41)7-20(27)34/h1-4,9-11,15,17-19,29H,5-8,26H2,(H2,27,34)(H,28,30)(H,31,37)(H,32,39)(H,33,38)(H,35,36)(H,40,41). The predicted molar refractivity (Wildman–Crippen MR) is 142 cm³/mol. The normalized spacial score (nSPS) is 13.9. The van der Waals surface area contributed by atoms with E-state index in [2.05, 4.69) is 30.9 Å². The molecular weight excluding hydrogens is 540 g/mol. The molecule has 218 valence electrons. The maximum absolute atomic E-state index is 13.1. The quantitative estimate of drug-likeness (QED) is 0.0959. The van der Waals surface area contributed by atoms with E-state index >= 15 is 0 Å². The van der Waals surface area contributed by atoms with Crippen LogP contribution < -0.4 is 27.4 Å². The number of aromatic amines is 2. The highest BCUT2D eigenvalue weighted by Crippen LogP contribution is 2.18. The molecule has 4 amide bonds. The molecule has 0 saturated heterocycles. The Hall–Kier alpha value is -5.25. The topological polar surface area (TPSA) is 275 Å². The number of carboxylic acids is 2. The number of primary amides is 1. The Balaban J connectivity index is 1.74. The van der Waals surface area contributed by atoms with E-state index in [1.165, 1.54) is 12.5 Å². The van der Waals surface area contributed by atoms with Crippen LogP contribution in [0.15, 0.2) is 43.0 Å². The first-order chi connectivity index (χ1) is 19.4. The van der Waals surface area contributed by atoms with Gasteiger partial charge in [-0.1, -0.05) is 18.2 Å². The Morgan fingerprint density at radius 3 is 2.15 bits per heavy atom. The zero-order chi connectivity index (χ0) is 30.1. The summed E-state index contributed by atoms with van der Waals surface area (Å²) in [5.74, 6) is -6.79. The van der Waals surface area contributed by atoms with Crippen LogP contribution in [0.2, 0.25) is 0 Å². The number of hydrogen-bond acceptors (Lipinski definition) is 8. The third-order valence-electron chi connectivity index (χ3n) is 6.10. The van der Waals surface area contributed by atoms with Gasteiger partial charge in [-0.2, -0.15) is 0 Å². The van der Waals surface area contributed by atoms with E-state index in [0.717, 1.165) is 16.5 Å². The van der Waals surface area contributed by atoms with E-state index < -0.39 is 72.6 Å². The lowest BCUT2D eigenvalue weighted by molar-refractivity contribution is -0.144. The van der Waals surface area contributed by atoms with Gasteiger partial charge in [0.25, 0.3) is 0 Å². The highest BCUT2D eigenvalue weighted by molar-refractivity contribution is 5.96. The molecule has 3 aromatic rings. The summed E-state index contributed by atoms with van der Waals surface area (Å²) in [4.78, 5) is 82.8. The number of carbonyl (C=O) groups excluding carboxylic acids is 4. The first kappa shape index (κ1) is 30.3. The third-order valence-corrected chi connectivity index (χ3v) is 6.10. The molecule has 2 aromatic heterocycles. The Kier molecular flexibility index (Phi) is 10.1. The van der Waals surface area contributed by atoms with Crippen LogP contribution in [-0.2, 0) is 41.6 Å². The molecule has 0 aliphatic heterocycles. The summed E-state index contributed by atoms with van der Waals surface area (Å²) in [5.41, 5.74) is 13.1. The number of amides is 4. The van der Waals surface area contributed by atoms with Crippen molar-refractivity contribution in [2.24, 2.45) is 11.5 Å². The average Bonchev–Trinajstić information content (AvgIpc) is 3.57. The Bertz CT molecular complexity index is 1420. The molecular formula is C25H30N8O8. The fraction of sp³-hybridized carbons (Fsp3) is 0.320. The molecule has 3 rings (SSSR count). The van der Waals surface area contributed by atoms with Crippen molar-refractivity contribution in [2.75, 3.05) is 0 Å². The van der Waals surface area contributed by atoms with Crippen molar-refractivity contribution < 1.29 is 39.0 Å². The monoisotopic (exact) mass is 570 g/mol. The number of aromatic nitrogens is 3. The summed E-state index contributed by atoms with van der Waals surface area (Å²) in [6.45, 7) is 0. The van der Waals surface area contributed by atoms with Crippen LogP contribution in [0.25, 0.3) is 10.9 Å². The largest absolute Gasteiger partial charge is 0.481 e. The van der Waals surface area contributed by atoms with Crippen LogP contribution >= 0.6 is 0 Å². The van der Waals surface area contributed by atoms with Gasteiger partial charge < -0.3 is 47.6 Å². The number of nitrogens with two attached hydrogens (primary N) is 2. The van der Waals surface area contributed by atoms with E-state index in [1.807, 2.05) is 24.3 Å². The van der Waals surface area contributed by atoms with Crippen LogP contribution in [0.1, 0.15) is 24.1 Å². The highest BCUT2D eigenvalue weighted by Gasteiger charge is 2.32. The molecule has 0 bridgehead atoms.